The van der Waals surface area contributed by atoms with Crippen molar-refractivity contribution in [2.45, 2.75) is 82.9 Å². The highest BCUT2D eigenvalue weighted by Gasteiger charge is 2.59. The number of carbonyl (C=O) groups is 6. The van der Waals surface area contributed by atoms with Crippen LogP contribution >= 0.6 is 0 Å². The lowest BCUT2D eigenvalue weighted by atomic mass is 9.61. The van der Waals surface area contributed by atoms with Gasteiger partial charge in [-0.2, -0.15) is 0 Å². The van der Waals surface area contributed by atoms with E-state index in [0.29, 0.717) is 0 Å². The van der Waals surface area contributed by atoms with Gasteiger partial charge in [0.15, 0.2) is 36.2 Å². The number of fused-ring (bicyclic) bond motifs is 3. The topological polar surface area (TPSA) is 218 Å². The highest BCUT2D eigenvalue weighted by Crippen LogP contribution is 2.51. The van der Waals surface area contributed by atoms with Crippen molar-refractivity contribution in [2.75, 3.05) is 6.61 Å². The van der Waals surface area contributed by atoms with Gasteiger partial charge < -0.3 is 43.7 Å². The molecule has 1 heterocycles. The van der Waals surface area contributed by atoms with Crippen LogP contribution < -0.4 is 0 Å². The normalized spacial score (nSPS) is 30.7. The summed E-state index contributed by atoms with van der Waals surface area (Å²) in [5.74, 6) is -6.64. The first-order valence-electron chi connectivity index (χ1n) is 15.3. The minimum atomic E-state index is -2.04. The Kier molecular flexibility index (Phi) is 9.69. The van der Waals surface area contributed by atoms with Crippen molar-refractivity contribution in [1.29, 1.82) is 0 Å². The average Bonchev–Trinajstić information content (AvgIpc) is 3.02. The van der Waals surface area contributed by atoms with Crippen LogP contribution in [0.2, 0.25) is 0 Å². The van der Waals surface area contributed by atoms with Crippen molar-refractivity contribution >= 4 is 46.2 Å². The molecule has 2 fully saturated rings. The largest absolute Gasteiger partial charge is 0.507 e. The summed E-state index contributed by atoms with van der Waals surface area (Å²) in [5, 5.41) is 34.0. The van der Waals surface area contributed by atoms with Crippen LogP contribution in [0.4, 0.5) is 0 Å². The van der Waals surface area contributed by atoms with Crippen LogP contribution in [-0.2, 0) is 47.6 Å². The van der Waals surface area contributed by atoms with Crippen LogP contribution in [0, 0.1) is 24.2 Å². The van der Waals surface area contributed by atoms with Gasteiger partial charge in [0.1, 0.15) is 29.8 Å². The predicted octanol–water partition coefficient (Wildman–Crippen LogP) is 1.49. The maximum absolute atomic E-state index is 14.3. The van der Waals surface area contributed by atoms with Crippen molar-refractivity contribution in [2.24, 2.45) is 11.8 Å². The van der Waals surface area contributed by atoms with E-state index in [9.17, 15) is 44.1 Å². The molecular weight excluding hydrogens is 648 g/mol. The first-order valence-corrected chi connectivity index (χ1v) is 15.3. The van der Waals surface area contributed by atoms with Gasteiger partial charge in [0.2, 0.25) is 0 Å². The lowest BCUT2D eigenvalue weighted by Crippen LogP contribution is -2.64. The number of Topliss-reactive ketones (excluding diaryl/α,β-unsaturated/α-hetero) is 2. The van der Waals surface area contributed by atoms with E-state index in [0.717, 1.165) is 27.7 Å². The van der Waals surface area contributed by atoms with E-state index in [2.05, 4.69) is 5.92 Å². The summed E-state index contributed by atoms with van der Waals surface area (Å²) in [4.78, 5) is 76.8. The van der Waals surface area contributed by atoms with Crippen molar-refractivity contribution < 1.29 is 72.5 Å². The monoisotopic (exact) mass is 682 g/mol. The number of phenolic OH excluding ortho intramolecular Hbond substituents is 2. The Labute approximate surface area is 279 Å². The van der Waals surface area contributed by atoms with E-state index in [1.165, 1.54) is 12.1 Å². The van der Waals surface area contributed by atoms with Crippen LogP contribution in [0.5, 0.6) is 11.5 Å². The zero-order chi connectivity index (χ0) is 35.9. The summed E-state index contributed by atoms with van der Waals surface area (Å²) >= 11 is 0. The first kappa shape index (κ1) is 35.3. The molecule has 0 bridgehead atoms. The second kappa shape index (κ2) is 13.5. The number of hydrogen-bond acceptors (Lipinski definition) is 15. The van der Waals surface area contributed by atoms with Gasteiger partial charge >= 0.3 is 23.9 Å². The van der Waals surface area contributed by atoms with Gasteiger partial charge in [-0.3, -0.25) is 28.8 Å². The fraction of sp³-hybridized carbons (Fsp3) is 0.471. The SMILES string of the molecule is C#C[C@@]1(O)C[C@H](O[C@@H]2O[C@H](COC(C)=O)[C@@H](OC(C)=O)[C@H](OC(C)=O)[C@H]2OC(C)=O)[C@@H]2C(=O)c3c(c(O)c4ccccc4c3O)C(=O)[C@H]2C1. The third kappa shape index (κ3) is 6.67. The van der Waals surface area contributed by atoms with Gasteiger partial charge in [-0.15, -0.1) is 6.42 Å². The Morgan fingerprint density at radius 2 is 1.37 bits per heavy atom. The Bertz CT molecular complexity index is 1770. The van der Waals surface area contributed by atoms with Gasteiger partial charge in [-0.1, -0.05) is 30.2 Å². The molecule has 1 saturated heterocycles. The second-order valence-corrected chi connectivity index (χ2v) is 12.2. The Morgan fingerprint density at radius 1 is 0.837 bits per heavy atom. The van der Waals surface area contributed by atoms with E-state index in [1.54, 1.807) is 12.1 Å². The summed E-state index contributed by atoms with van der Waals surface area (Å²) in [5.41, 5.74) is -2.93. The van der Waals surface area contributed by atoms with Crippen molar-refractivity contribution in [3.05, 3.63) is 35.4 Å². The smallest absolute Gasteiger partial charge is 0.303 e. The standard InChI is InChI=1S/C34H34O15/c1-6-34(43)11-20-23(29(42)25-24(28(20)41)26(39)18-9-7-8-10-19(18)27(25)40)21(12-34)48-33-32(47-17(5)38)31(46-16(4)37)30(45-15(3)36)22(49-33)13-44-14(2)35/h1,7-10,20-23,30-33,39-40,43H,11-13H2,2-5H3/t20-,21-,22+,23+,30+,31-,32+,33+,34-/m0/s1. The number of carbonyl (C=O) groups excluding carboxylic acids is 6. The quantitative estimate of drug-likeness (QED) is 0.163. The van der Waals surface area contributed by atoms with E-state index in [-0.39, 0.29) is 10.8 Å². The van der Waals surface area contributed by atoms with Crippen LogP contribution in [0.1, 0.15) is 61.3 Å². The molecule has 2 aromatic carbocycles. The number of ether oxygens (including phenoxy) is 6. The Hall–Kier alpha value is -5.04. The molecule has 3 aliphatic rings. The zero-order valence-corrected chi connectivity index (χ0v) is 26.9. The number of phenols is 2. The minimum Gasteiger partial charge on any atom is -0.507 e. The van der Waals surface area contributed by atoms with Crippen LogP contribution in [0.25, 0.3) is 10.8 Å². The first-order chi connectivity index (χ1) is 23.1. The Balaban J connectivity index is 1.62. The molecule has 260 valence electrons. The average molecular weight is 683 g/mol. The fourth-order valence-electron chi connectivity index (χ4n) is 6.86. The fourth-order valence-corrected chi connectivity index (χ4v) is 6.86. The summed E-state index contributed by atoms with van der Waals surface area (Å²) in [6.07, 6.45) is -4.62. The molecule has 15 heteroatoms. The summed E-state index contributed by atoms with van der Waals surface area (Å²) < 4.78 is 33.6. The zero-order valence-electron chi connectivity index (χ0n) is 26.9. The number of esters is 4. The predicted molar refractivity (Wildman–Crippen MR) is 163 cm³/mol. The molecule has 1 aliphatic heterocycles. The molecule has 0 unspecified atom stereocenters. The number of aromatic hydroxyl groups is 2. The number of terminal acetylenes is 1. The van der Waals surface area contributed by atoms with E-state index >= 15 is 0 Å². The van der Waals surface area contributed by atoms with E-state index in [1.807, 2.05) is 0 Å². The number of ketones is 2. The molecule has 2 aromatic rings. The number of rotatable bonds is 7. The third-order valence-corrected chi connectivity index (χ3v) is 8.75. The maximum atomic E-state index is 14.3. The van der Waals surface area contributed by atoms with Gasteiger partial charge in [-0.25, -0.2) is 0 Å². The number of aliphatic hydroxyl groups is 1. The molecule has 9 atom stereocenters. The minimum absolute atomic E-state index is 0.103. The molecular formula is C34H34O15. The maximum Gasteiger partial charge on any atom is 0.303 e. The molecule has 5 rings (SSSR count). The summed E-state index contributed by atoms with van der Waals surface area (Å²) in [7, 11) is 0. The van der Waals surface area contributed by atoms with Crippen LogP contribution in [0.15, 0.2) is 24.3 Å². The van der Waals surface area contributed by atoms with Gasteiger partial charge in [-0.05, 0) is 6.42 Å². The lowest BCUT2D eigenvalue weighted by Gasteiger charge is -2.48. The molecule has 0 radical (unpaired) electrons. The van der Waals surface area contributed by atoms with Crippen molar-refractivity contribution in [3.63, 3.8) is 0 Å². The number of hydrogen-bond donors (Lipinski definition) is 3. The highest BCUT2D eigenvalue weighted by atomic mass is 16.7. The third-order valence-electron chi connectivity index (χ3n) is 8.75. The van der Waals surface area contributed by atoms with Crippen LogP contribution in [-0.4, -0.2) is 99.8 Å². The summed E-state index contributed by atoms with van der Waals surface area (Å²) in [6.45, 7) is 3.66. The van der Waals surface area contributed by atoms with Crippen molar-refractivity contribution in [3.8, 4) is 23.8 Å². The molecule has 0 amide bonds. The Morgan fingerprint density at radius 3 is 1.90 bits per heavy atom. The van der Waals surface area contributed by atoms with E-state index < -0.39 is 132 Å². The number of benzene rings is 2. The van der Waals surface area contributed by atoms with E-state index in [4.69, 9.17) is 34.8 Å². The van der Waals surface area contributed by atoms with Gasteiger partial charge in [0, 0.05) is 50.8 Å². The molecule has 0 aromatic heterocycles. The second-order valence-electron chi connectivity index (χ2n) is 12.2. The summed E-state index contributed by atoms with van der Waals surface area (Å²) in [6, 6.07) is 6.05. The molecule has 1 saturated carbocycles. The molecule has 3 N–H and O–H groups in total. The molecule has 0 spiro atoms. The van der Waals surface area contributed by atoms with Crippen LogP contribution in [0.3, 0.4) is 0 Å². The highest BCUT2D eigenvalue weighted by molar-refractivity contribution is 6.23. The van der Waals surface area contributed by atoms with Crippen molar-refractivity contribution in [1.82, 2.24) is 0 Å². The van der Waals surface area contributed by atoms with Gasteiger partial charge in [0.25, 0.3) is 0 Å². The molecule has 2 aliphatic carbocycles. The molecule has 15 nitrogen and oxygen atoms in total. The van der Waals surface area contributed by atoms with Gasteiger partial charge in [0.05, 0.1) is 23.1 Å². The molecule has 49 heavy (non-hydrogen) atoms. The lowest BCUT2D eigenvalue weighted by molar-refractivity contribution is -0.323.